The molecule has 2 unspecified atom stereocenters. The van der Waals surface area contributed by atoms with Crippen LogP contribution in [0.1, 0.15) is 31.9 Å². The summed E-state index contributed by atoms with van der Waals surface area (Å²) in [7, 11) is 0. The number of likely N-dealkylation sites (tertiary alicyclic amines) is 1. The number of nitrogens with one attached hydrogen (secondary N) is 1. The summed E-state index contributed by atoms with van der Waals surface area (Å²) >= 11 is 0. The molecule has 7 heteroatoms. The second-order valence-corrected chi connectivity index (χ2v) is 7.45. The number of aromatic nitrogens is 3. The number of benzene rings is 1. The normalized spacial score (nSPS) is 19.8. The lowest BCUT2D eigenvalue weighted by Crippen LogP contribution is -2.49. The van der Waals surface area contributed by atoms with Crippen LogP contribution in [0.15, 0.2) is 60.2 Å². The molecule has 2 aromatic heterocycles. The molecule has 1 fully saturated rings. The van der Waals surface area contributed by atoms with Crippen LogP contribution < -0.4 is 5.32 Å². The Morgan fingerprint density at radius 2 is 2.10 bits per heavy atom. The minimum absolute atomic E-state index is 0. The number of hydrogen-bond donors (Lipinski definition) is 1. The predicted molar refractivity (Wildman–Crippen MR) is 129 cm³/mol. The molecule has 0 saturated carbocycles. The highest BCUT2D eigenvalue weighted by Crippen LogP contribution is 2.27. The molecule has 0 spiro atoms. The number of nitrogens with zero attached hydrogens (tertiary/aromatic N) is 5. The molecule has 3 heterocycles. The van der Waals surface area contributed by atoms with Gasteiger partial charge in [0.1, 0.15) is 0 Å². The van der Waals surface area contributed by atoms with Gasteiger partial charge in [-0.2, -0.15) is 0 Å². The Hall–Kier alpha value is -2.16. The van der Waals surface area contributed by atoms with E-state index in [1.165, 1.54) is 10.9 Å². The number of pyridine rings is 1. The van der Waals surface area contributed by atoms with E-state index in [-0.39, 0.29) is 24.0 Å². The van der Waals surface area contributed by atoms with Crippen molar-refractivity contribution < 1.29 is 0 Å². The molecule has 6 nitrogen and oxygen atoms in total. The van der Waals surface area contributed by atoms with E-state index < -0.39 is 0 Å². The first kappa shape index (κ1) is 21.5. The van der Waals surface area contributed by atoms with Gasteiger partial charge in [0.05, 0.1) is 24.4 Å². The van der Waals surface area contributed by atoms with Gasteiger partial charge in [0.2, 0.25) is 0 Å². The Bertz CT molecular complexity index is 934. The van der Waals surface area contributed by atoms with Gasteiger partial charge in [-0.05, 0) is 37.0 Å². The molecule has 0 aliphatic carbocycles. The molecule has 4 rings (SSSR count). The van der Waals surface area contributed by atoms with Crippen LogP contribution in [0.5, 0.6) is 0 Å². The summed E-state index contributed by atoms with van der Waals surface area (Å²) < 4.78 is 2.23. The Morgan fingerprint density at radius 3 is 2.90 bits per heavy atom. The minimum atomic E-state index is 0. The van der Waals surface area contributed by atoms with E-state index in [1.54, 1.807) is 0 Å². The lowest BCUT2D eigenvalue weighted by Gasteiger charge is -2.39. The van der Waals surface area contributed by atoms with Gasteiger partial charge in [-0.25, -0.2) is 9.98 Å². The van der Waals surface area contributed by atoms with Crippen molar-refractivity contribution in [1.29, 1.82) is 0 Å². The maximum absolute atomic E-state index is 4.98. The van der Waals surface area contributed by atoms with Crippen molar-refractivity contribution >= 4 is 40.8 Å². The number of imidazole rings is 1. The average Bonchev–Trinajstić information content (AvgIpc) is 3.26. The average molecular weight is 504 g/mol. The maximum Gasteiger partial charge on any atom is 0.194 e. The number of piperidine rings is 1. The Labute approximate surface area is 189 Å². The number of rotatable bonds is 4. The fourth-order valence-electron chi connectivity index (χ4n) is 3.97. The molecule has 1 aromatic carbocycles. The Kier molecular flexibility index (Phi) is 7.46. The van der Waals surface area contributed by atoms with E-state index in [1.807, 2.05) is 24.8 Å². The first-order valence-corrected chi connectivity index (χ1v) is 10.1. The van der Waals surface area contributed by atoms with Crippen molar-refractivity contribution in [2.75, 3.05) is 19.6 Å². The number of guanidine groups is 1. The summed E-state index contributed by atoms with van der Waals surface area (Å²) in [6.45, 7) is 7.92. The van der Waals surface area contributed by atoms with Crippen LogP contribution in [-0.4, -0.2) is 45.0 Å². The van der Waals surface area contributed by atoms with Crippen molar-refractivity contribution in [3.8, 4) is 0 Å². The van der Waals surface area contributed by atoms with E-state index in [9.17, 15) is 0 Å². The smallest absolute Gasteiger partial charge is 0.194 e. The summed E-state index contributed by atoms with van der Waals surface area (Å²) in [5.41, 5.74) is 2.23. The van der Waals surface area contributed by atoms with Gasteiger partial charge in [0.15, 0.2) is 5.96 Å². The summed E-state index contributed by atoms with van der Waals surface area (Å²) in [6.07, 6.45) is 8.87. The van der Waals surface area contributed by atoms with Crippen molar-refractivity contribution in [3.63, 3.8) is 0 Å². The van der Waals surface area contributed by atoms with Gasteiger partial charge in [-0.1, -0.05) is 25.1 Å². The monoisotopic (exact) mass is 504 g/mol. The van der Waals surface area contributed by atoms with Gasteiger partial charge in [-0.15, -0.1) is 24.0 Å². The molecular weight excluding hydrogens is 475 g/mol. The Morgan fingerprint density at radius 1 is 1.24 bits per heavy atom. The fourth-order valence-corrected chi connectivity index (χ4v) is 3.97. The van der Waals surface area contributed by atoms with Gasteiger partial charge in [0.25, 0.3) is 0 Å². The third-order valence-corrected chi connectivity index (χ3v) is 5.60. The number of aliphatic imine (C=N–C) groups is 1. The quantitative estimate of drug-likeness (QED) is 0.330. The van der Waals surface area contributed by atoms with Crippen molar-refractivity contribution in [1.82, 2.24) is 24.8 Å². The zero-order valence-corrected chi connectivity index (χ0v) is 19.4. The highest BCUT2D eigenvalue weighted by Gasteiger charge is 2.28. The number of para-hydroxylation sites is 1. The molecule has 1 aliphatic rings. The van der Waals surface area contributed by atoms with E-state index in [0.717, 1.165) is 37.5 Å². The molecular formula is C22H29IN6. The zero-order chi connectivity index (χ0) is 19.3. The molecule has 154 valence electrons. The molecule has 3 aromatic rings. The highest BCUT2D eigenvalue weighted by molar-refractivity contribution is 14.0. The first-order valence-electron chi connectivity index (χ1n) is 10.1. The van der Waals surface area contributed by atoms with Gasteiger partial charge in [0, 0.05) is 43.6 Å². The van der Waals surface area contributed by atoms with Crippen LogP contribution in [0.3, 0.4) is 0 Å². The van der Waals surface area contributed by atoms with Crippen molar-refractivity contribution in [3.05, 3.63) is 60.8 Å². The molecule has 0 amide bonds. The van der Waals surface area contributed by atoms with Crippen LogP contribution in [-0.2, 0) is 6.54 Å². The van der Waals surface area contributed by atoms with Crippen molar-refractivity contribution in [2.45, 2.75) is 32.9 Å². The van der Waals surface area contributed by atoms with E-state index in [4.69, 9.17) is 4.99 Å². The van der Waals surface area contributed by atoms with Gasteiger partial charge in [-0.3, -0.25) is 4.98 Å². The van der Waals surface area contributed by atoms with Crippen LogP contribution >= 0.6 is 24.0 Å². The predicted octanol–water partition coefficient (Wildman–Crippen LogP) is 4.10. The van der Waals surface area contributed by atoms with Crippen LogP contribution in [0.4, 0.5) is 0 Å². The minimum Gasteiger partial charge on any atom is -0.357 e. The van der Waals surface area contributed by atoms with Crippen LogP contribution in [0.25, 0.3) is 10.9 Å². The molecule has 1 saturated heterocycles. The summed E-state index contributed by atoms with van der Waals surface area (Å²) in [5.74, 6) is 1.61. The fraction of sp³-hybridized carbons (Fsp3) is 0.409. The van der Waals surface area contributed by atoms with E-state index in [2.05, 4.69) is 69.1 Å². The second-order valence-electron chi connectivity index (χ2n) is 7.45. The topological polar surface area (TPSA) is 58.3 Å². The van der Waals surface area contributed by atoms with E-state index in [0.29, 0.717) is 18.5 Å². The molecule has 1 aliphatic heterocycles. The lowest BCUT2D eigenvalue weighted by molar-refractivity contribution is 0.189. The van der Waals surface area contributed by atoms with Crippen LogP contribution in [0.2, 0.25) is 0 Å². The maximum atomic E-state index is 4.98. The number of hydrogen-bond acceptors (Lipinski definition) is 3. The molecule has 0 bridgehead atoms. The Balaban J connectivity index is 0.00000240. The zero-order valence-electron chi connectivity index (χ0n) is 17.0. The summed E-state index contributed by atoms with van der Waals surface area (Å²) in [5, 5.41) is 4.66. The largest absolute Gasteiger partial charge is 0.357 e. The van der Waals surface area contributed by atoms with Crippen molar-refractivity contribution in [2.24, 2.45) is 10.9 Å². The second kappa shape index (κ2) is 10.0. The third kappa shape index (κ3) is 4.88. The molecule has 0 radical (unpaired) electrons. The standard InChI is InChI=1S/C22H28N6.HI/c1-3-24-22(26-14-18-8-10-25-20-7-5-4-6-19(18)20)27-12-9-17(2)21(15-27)28-13-11-23-16-28;/h4-8,10-11,13,16-17,21H,3,9,12,14-15H2,1-2H3,(H,24,26);1H. The SMILES string of the molecule is CCNC(=NCc1ccnc2ccccc12)N1CCC(C)C(n2ccnc2)C1.I. The molecule has 1 N–H and O–H groups in total. The lowest BCUT2D eigenvalue weighted by atomic mass is 9.93. The summed E-state index contributed by atoms with van der Waals surface area (Å²) in [6, 6.07) is 10.7. The van der Waals surface area contributed by atoms with E-state index >= 15 is 0 Å². The number of fused-ring (bicyclic) bond motifs is 1. The molecule has 2 atom stereocenters. The van der Waals surface area contributed by atoms with Gasteiger partial charge >= 0.3 is 0 Å². The summed E-state index contributed by atoms with van der Waals surface area (Å²) in [4.78, 5) is 16.1. The first-order chi connectivity index (χ1) is 13.8. The number of halogens is 1. The highest BCUT2D eigenvalue weighted by atomic mass is 127. The van der Waals surface area contributed by atoms with Crippen LogP contribution in [0, 0.1) is 5.92 Å². The van der Waals surface area contributed by atoms with Gasteiger partial charge < -0.3 is 14.8 Å². The third-order valence-electron chi connectivity index (χ3n) is 5.60. The molecule has 29 heavy (non-hydrogen) atoms.